The van der Waals surface area contributed by atoms with E-state index in [1.54, 1.807) is 7.05 Å². The van der Waals surface area contributed by atoms with Crippen LogP contribution in [0.2, 0.25) is 0 Å². The maximum atomic E-state index is 13.1. The zero-order chi connectivity index (χ0) is 24.5. The van der Waals surface area contributed by atoms with E-state index in [2.05, 4.69) is 22.5 Å². The molecular formula is C26H26N4O5. The predicted molar refractivity (Wildman–Crippen MR) is 128 cm³/mol. The monoisotopic (exact) mass is 474 g/mol. The van der Waals surface area contributed by atoms with Crippen molar-refractivity contribution in [3.63, 3.8) is 0 Å². The van der Waals surface area contributed by atoms with Crippen molar-refractivity contribution in [1.29, 1.82) is 0 Å². The third kappa shape index (κ3) is 4.37. The van der Waals surface area contributed by atoms with Crippen molar-refractivity contribution in [3.05, 3.63) is 71.5 Å². The molecule has 9 nitrogen and oxygen atoms in total. The molecule has 1 atom stereocenters. The van der Waals surface area contributed by atoms with Gasteiger partial charge in [0.05, 0.1) is 11.6 Å². The molecule has 1 fully saturated rings. The summed E-state index contributed by atoms with van der Waals surface area (Å²) in [5.74, 6) is -2.01. The van der Waals surface area contributed by atoms with Crippen LogP contribution in [0, 0.1) is 5.92 Å². The number of ether oxygens (including phenoxy) is 1. The van der Waals surface area contributed by atoms with Crippen LogP contribution in [-0.2, 0) is 16.6 Å². The van der Waals surface area contributed by atoms with Gasteiger partial charge in [0.2, 0.25) is 0 Å². The number of amides is 2. The highest BCUT2D eigenvalue weighted by Crippen LogP contribution is 2.44. The van der Waals surface area contributed by atoms with Crippen LogP contribution in [0.4, 0.5) is 10.5 Å². The van der Waals surface area contributed by atoms with E-state index in [0.717, 1.165) is 22.3 Å². The fourth-order valence-electron chi connectivity index (χ4n) is 5.00. The van der Waals surface area contributed by atoms with E-state index in [1.165, 1.54) is 15.8 Å². The number of likely N-dealkylation sites (tertiary alicyclic amines) is 1. The van der Waals surface area contributed by atoms with Gasteiger partial charge in [0, 0.05) is 32.3 Å². The van der Waals surface area contributed by atoms with Gasteiger partial charge >= 0.3 is 12.1 Å². The van der Waals surface area contributed by atoms with E-state index in [9.17, 15) is 19.5 Å². The first-order valence-electron chi connectivity index (χ1n) is 11.6. The number of piperidine rings is 1. The highest BCUT2D eigenvalue weighted by molar-refractivity contribution is 6.01. The molecular weight excluding hydrogens is 448 g/mol. The molecule has 3 aromatic rings. The predicted octanol–water partition coefficient (Wildman–Crippen LogP) is 3.72. The number of anilines is 1. The van der Waals surface area contributed by atoms with Gasteiger partial charge in [-0.05, 0) is 35.1 Å². The second-order valence-corrected chi connectivity index (χ2v) is 8.94. The number of rotatable bonds is 5. The number of aromatic nitrogens is 2. The number of hydrogen-bond acceptors (Lipinski definition) is 5. The molecule has 0 spiro atoms. The van der Waals surface area contributed by atoms with Gasteiger partial charge in [-0.1, -0.05) is 48.5 Å². The van der Waals surface area contributed by atoms with Crippen molar-refractivity contribution in [3.8, 4) is 11.1 Å². The van der Waals surface area contributed by atoms with Crippen LogP contribution in [-0.4, -0.2) is 57.5 Å². The summed E-state index contributed by atoms with van der Waals surface area (Å²) in [6, 6.07) is 16.2. The lowest BCUT2D eigenvalue weighted by Gasteiger charge is -2.30. The Kier molecular flexibility index (Phi) is 5.98. The zero-order valence-electron chi connectivity index (χ0n) is 19.3. The van der Waals surface area contributed by atoms with Gasteiger partial charge in [-0.25, -0.2) is 4.79 Å². The molecule has 2 aromatic carbocycles. The van der Waals surface area contributed by atoms with E-state index in [-0.39, 0.29) is 30.5 Å². The summed E-state index contributed by atoms with van der Waals surface area (Å²) in [6.07, 6.45) is 1.99. The molecule has 0 bridgehead atoms. The topological polar surface area (TPSA) is 114 Å². The zero-order valence-corrected chi connectivity index (χ0v) is 19.3. The maximum Gasteiger partial charge on any atom is 0.411 e. The molecule has 1 aliphatic heterocycles. The lowest BCUT2D eigenvalue weighted by Crippen LogP contribution is -2.42. The Labute approximate surface area is 202 Å². The molecule has 9 heteroatoms. The maximum absolute atomic E-state index is 13.1. The van der Waals surface area contributed by atoms with Crippen LogP contribution >= 0.6 is 0 Å². The van der Waals surface area contributed by atoms with Crippen LogP contribution in [0.15, 0.2) is 54.7 Å². The molecule has 2 aliphatic rings. The number of carbonyl (C=O) groups is 3. The summed E-state index contributed by atoms with van der Waals surface area (Å²) in [4.78, 5) is 38.7. The second-order valence-electron chi connectivity index (χ2n) is 8.94. The number of nitrogens with one attached hydrogen (secondary N) is 1. The second kappa shape index (κ2) is 9.25. The number of carboxylic acids is 1. The Morgan fingerprint density at radius 2 is 1.74 bits per heavy atom. The summed E-state index contributed by atoms with van der Waals surface area (Å²) < 4.78 is 7.03. The average molecular weight is 475 g/mol. The average Bonchev–Trinajstić information content (AvgIpc) is 3.39. The number of fused-ring (bicyclic) bond motifs is 3. The highest BCUT2D eigenvalue weighted by Gasteiger charge is 2.32. The highest BCUT2D eigenvalue weighted by atomic mass is 16.5. The Hall–Kier alpha value is -4.14. The molecule has 35 heavy (non-hydrogen) atoms. The van der Waals surface area contributed by atoms with Crippen LogP contribution in [0.25, 0.3) is 11.1 Å². The van der Waals surface area contributed by atoms with Crippen LogP contribution < -0.4 is 5.32 Å². The molecule has 2 heterocycles. The van der Waals surface area contributed by atoms with Gasteiger partial charge in [-0.2, -0.15) is 5.10 Å². The number of nitrogens with zero attached hydrogens (tertiary/aromatic N) is 3. The summed E-state index contributed by atoms with van der Waals surface area (Å²) in [5.41, 5.74) is 4.78. The summed E-state index contributed by atoms with van der Waals surface area (Å²) >= 11 is 0. The van der Waals surface area contributed by atoms with Crippen molar-refractivity contribution < 1.29 is 24.2 Å². The minimum absolute atomic E-state index is 0.0621. The summed E-state index contributed by atoms with van der Waals surface area (Å²) in [6.45, 7) is 0.717. The van der Waals surface area contributed by atoms with E-state index in [1.807, 2.05) is 36.4 Å². The number of aryl methyl sites for hydroxylation is 1. The number of hydrogen-bond donors (Lipinski definition) is 2. The minimum atomic E-state index is -0.916. The van der Waals surface area contributed by atoms with Gasteiger partial charge in [0.25, 0.3) is 5.91 Å². The van der Waals surface area contributed by atoms with E-state index < -0.39 is 23.9 Å². The lowest BCUT2D eigenvalue weighted by atomic mass is 9.98. The molecule has 1 aromatic heterocycles. The van der Waals surface area contributed by atoms with E-state index >= 15 is 0 Å². The van der Waals surface area contributed by atoms with Gasteiger partial charge in [-0.15, -0.1) is 0 Å². The Morgan fingerprint density at radius 3 is 2.40 bits per heavy atom. The van der Waals surface area contributed by atoms with Crippen molar-refractivity contribution in [2.24, 2.45) is 13.0 Å². The quantitative estimate of drug-likeness (QED) is 0.583. The smallest absolute Gasteiger partial charge is 0.411 e. The van der Waals surface area contributed by atoms with Crippen LogP contribution in [0.1, 0.15) is 40.4 Å². The molecule has 0 radical (unpaired) electrons. The molecule has 180 valence electrons. The molecule has 1 saturated heterocycles. The number of benzene rings is 2. The number of aliphatic carboxylic acids is 1. The van der Waals surface area contributed by atoms with Gasteiger partial charge in [0.1, 0.15) is 6.61 Å². The van der Waals surface area contributed by atoms with Crippen molar-refractivity contribution in [1.82, 2.24) is 14.7 Å². The lowest BCUT2D eigenvalue weighted by molar-refractivity contribution is -0.143. The van der Waals surface area contributed by atoms with Crippen molar-refractivity contribution in [2.75, 3.05) is 25.0 Å². The molecule has 2 N–H and O–H groups in total. The fraction of sp³-hybridized carbons (Fsp3) is 0.308. The van der Waals surface area contributed by atoms with Crippen molar-refractivity contribution >= 4 is 23.7 Å². The SMILES string of the molecule is Cn1cc(NC(=O)OCC2c3ccccc3-c3ccccc32)c(C(=O)N2CCC[C@H](C(=O)O)C2)n1. The van der Waals surface area contributed by atoms with Gasteiger partial charge in [0.15, 0.2) is 5.69 Å². The molecule has 5 rings (SSSR count). The summed E-state index contributed by atoms with van der Waals surface area (Å²) in [5, 5.41) is 16.2. The van der Waals surface area contributed by atoms with Crippen LogP contribution in [0.3, 0.4) is 0 Å². The normalized spacial score (nSPS) is 16.9. The molecule has 1 aliphatic carbocycles. The first-order chi connectivity index (χ1) is 16.9. The summed E-state index contributed by atoms with van der Waals surface area (Å²) in [7, 11) is 1.65. The largest absolute Gasteiger partial charge is 0.481 e. The third-order valence-electron chi connectivity index (χ3n) is 6.67. The third-order valence-corrected chi connectivity index (χ3v) is 6.67. The Balaban J connectivity index is 1.28. The molecule has 2 amide bonds. The molecule has 0 unspecified atom stereocenters. The number of carbonyl (C=O) groups excluding carboxylic acids is 2. The van der Waals surface area contributed by atoms with Crippen LogP contribution in [0.5, 0.6) is 0 Å². The number of carboxylic acid groups (broad SMARTS) is 1. The van der Waals surface area contributed by atoms with E-state index in [4.69, 9.17) is 4.74 Å². The standard InChI is InChI=1S/C26H26N4O5/c1-29-14-22(23(28-29)24(31)30-12-6-7-16(13-30)25(32)33)27-26(34)35-15-21-19-10-4-2-8-17(19)18-9-3-5-11-20(18)21/h2-5,8-11,14,16,21H,6-7,12-13,15H2,1H3,(H,27,34)(H,32,33)/t16-/m0/s1. The van der Waals surface area contributed by atoms with E-state index in [0.29, 0.717) is 19.4 Å². The van der Waals surface area contributed by atoms with Gasteiger partial charge < -0.3 is 14.7 Å². The Morgan fingerprint density at radius 1 is 1.09 bits per heavy atom. The molecule has 0 saturated carbocycles. The first-order valence-corrected chi connectivity index (χ1v) is 11.6. The first kappa shape index (κ1) is 22.6. The van der Waals surface area contributed by atoms with Crippen molar-refractivity contribution in [2.45, 2.75) is 18.8 Å². The Bertz CT molecular complexity index is 1250. The minimum Gasteiger partial charge on any atom is -0.481 e. The fourth-order valence-corrected chi connectivity index (χ4v) is 5.00. The van der Waals surface area contributed by atoms with Gasteiger partial charge in [-0.3, -0.25) is 19.6 Å².